The summed E-state index contributed by atoms with van der Waals surface area (Å²) in [4.78, 5) is 4.54. The molecular weight excluding hydrogens is 208 g/mol. The van der Waals surface area contributed by atoms with Crippen LogP contribution >= 0.6 is 11.6 Å². The molecule has 0 bridgehead atoms. The van der Waals surface area contributed by atoms with E-state index in [9.17, 15) is 0 Å². The van der Waals surface area contributed by atoms with Crippen molar-refractivity contribution in [3.63, 3.8) is 0 Å². The highest BCUT2D eigenvalue weighted by molar-refractivity contribution is 6.30. The Labute approximate surface area is 94.9 Å². The predicted octanol–water partition coefficient (Wildman–Crippen LogP) is 3.58. The third kappa shape index (κ3) is 2.51. The van der Waals surface area contributed by atoms with Gasteiger partial charge in [-0.15, -0.1) is 0 Å². The molecular formula is C12H15ClN2. The van der Waals surface area contributed by atoms with Crippen molar-refractivity contribution in [1.29, 1.82) is 0 Å². The summed E-state index contributed by atoms with van der Waals surface area (Å²) >= 11 is 5.91. The Morgan fingerprint density at radius 1 is 1.40 bits per heavy atom. The average Bonchev–Trinajstić information content (AvgIpc) is 2.42. The molecule has 0 saturated heterocycles. The van der Waals surface area contributed by atoms with Gasteiger partial charge in [0.2, 0.25) is 0 Å². The first-order valence-electron chi connectivity index (χ1n) is 5.07. The Hall–Kier alpha value is -1.02. The lowest BCUT2D eigenvalue weighted by Crippen LogP contribution is -2.09. The molecule has 0 saturated carbocycles. The maximum Gasteiger partial charge on any atom is 0.138 e. The summed E-state index contributed by atoms with van der Waals surface area (Å²) in [6.45, 7) is 6.64. The Bertz CT molecular complexity index is 480. The number of hydrogen-bond donors (Lipinski definition) is 0. The molecule has 2 nitrogen and oxygen atoms in total. The fourth-order valence-corrected chi connectivity index (χ4v) is 1.79. The van der Waals surface area contributed by atoms with Gasteiger partial charge in [0, 0.05) is 17.4 Å². The van der Waals surface area contributed by atoms with E-state index < -0.39 is 0 Å². The highest BCUT2D eigenvalue weighted by atomic mass is 35.5. The molecule has 0 spiro atoms. The van der Waals surface area contributed by atoms with Gasteiger partial charge in [-0.1, -0.05) is 32.4 Å². The minimum atomic E-state index is 0.266. The topological polar surface area (TPSA) is 17.3 Å². The molecule has 0 radical (unpaired) electrons. The second-order valence-corrected chi connectivity index (χ2v) is 5.52. The Balaban J connectivity index is 2.39. The second kappa shape index (κ2) is 3.53. The van der Waals surface area contributed by atoms with Crippen LogP contribution in [0.1, 0.15) is 26.5 Å². The van der Waals surface area contributed by atoms with Crippen LogP contribution in [0.3, 0.4) is 0 Å². The van der Waals surface area contributed by atoms with Crippen LogP contribution in [-0.4, -0.2) is 9.38 Å². The summed E-state index contributed by atoms with van der Waals surface area (Å²) in [5.41, 5.74) is 2.30. The van der Waals surface area contributed by atoms with E-state index in [2.05, 4.69) is 32.0 Å². The fourth-order valence-electron chi connectivity index (χ4n) is 1.64. The van der Waals surface area contributed by atoms with Crippen molar-refractivity contribution in [3.8, 4) is 0 Å². The molecule has 0 fully saturated rings. The number of aromatic nitrogens is 2. The van der Waals surface area contributed by atoms with Crippen molar-refractivity contribution >= 4 is 17.2 Å². The lowest BCUT2D eigenvalue weighted by atomic mass is 9.91. The van der Waals surface area contributed by atoms with E-state index in [1.165, 1.54) is 0 Å². The van der Waals surface area contributed by atoms with Gasteiger partial charge in [0.15, 0.2) is 0 Å². The summed E-state index contributed by atoms with van der Waals surface area (Å²) < 4.78 is 2.01. The second-order valence-electron chi connectivity index (χ2n) is 5.08. The largest absolute Gasteiger partial charge is 0.307 e. The number of halogens is 1. The number of rotatable bonds is 1. The molecule has 0 unspecified atom stereocenters. The van der Waals surface area contributed by atoms with Crippen molar-refractivity contribution in [2.45, 2.75) is 27.2 Å². The van der Waals surface area contributed by atoms with E-state index in [-0.39, 0.29) is 5.41 Å². The first-order valence-corrected chi connectivity index (χ1v) is 5.45. The number of hydrogen-bond acceptors (Lipinski definition) is 1. The lowest BCUT2D eigenvalue weighted by molar-refractivity contribution is 0.407. The summed E-state index contributed by atoms with van der Waals surface area (Å²) in [6, 6.07) is 3.75. The molecule has 0 aromatic carbocycles. The minimum absolute atomic E-state index is 0.266. The number of nitrogens with zero attached hydrogens (tertiary/aromatic N) is 2. The standard InChI is InChI=1S/C12H15ClN2/c1-12(2,3)7-10-8-15-5-4-9(13)6-11(15)14-10/h4-6,8H,7H2,1-3H3. The zero-order chi connectivity index (χ0) is 11.1. The quantitative estimate of drug-likeness (QED) is 0.721. The number of imidazole rings is 1. The predicted molar refractivity (Wildman–Crippen MR) is 63.4 cm³/mol. The van der Waals surface area contributed by atoms with Crippen molar-refractivity contribution in [2.24, 2.45) is 5.41 Å². The summed E-state index contributed by atoms with van der Waals surface area (Å²) in [5, 5.41) is 0.732. The first kappa shape index (κ1) is 10.5. The molecule has 2 aromatic rings. The van der Waals surface area contributed by atoms with Crippen molar-refractivity contribution in [3.05, 3.63) is 35.2 Å². The van der Waals surface area contributed by atoms with E-state index in [1.54, 1.807) is 0 Å². The van der Waals surface area contributed by atoms with Crippen LogP contribution < -0.4 is 0 Å². The first-order chi connectivity index (χ1) is 6.94. The van der Waals surface area contributed by atoms with Gasteiger partial charge < -0.3 is 4.40 Å². The molecule has 15 heavy (non-hydrogen) atoms. The van der Waals surface area contributed by atoms with Crippen LogP contribution in [0.5, 0.6) is 0 Å². The van der Waals surface area contributed by atoms with Gasteiger partial charge in [-0.25, -0.2) is 4.98 Å². The van der Waals surface area contributed by atoms with Crippen LogP contribution in [0.2, 0.25) is 5.02 Å². The Morgan fingerprint density at radius 3 is 2.80 bits per heavy atom. The maximum atomic E-state index is 5.91. The van der Waals surface area contributed by atoms with Crippen LogP contribution in [0.4, 0.5) is 0 Å². The van der Waals surface area contributed by atoms with Crippen LogP contribution in [-0.2, 0) is 6.42 Å². The molecule has 2 aromatic heterocycles. The summed E-state index contributed by atoms with van der Waals surface area (Å²) in [6.07, 6.45) is 4.99. The molecule has 0 aliphatic heterocycles. The normalized spacial score (nSPS) is 12.3. The lowest BCUT2D eigenvalue weighted by Gasteiger charge is -2.15. The van der Waals surface area contributed by atoms with E-state index in [4.69, 9.17) is 11.6 Å². The van der Waals surface area contributed by atoms with Gasteiger partial charge in [0.1, 0.15) is 5.65 Å². The summed E-state index contributed by atoms with van der Waals surface area (Å²) in [7, 11) is 0. The molecule has 0 aliphatic carbocycles. The van der Waals surface area contributed by atoms with E-state index >= 15 is 0 Å². The van der Waals surface area contributed by atoms with E-state index in [1.807, 2.05) is 22.7 Å². The third-order valence-electron chi connectivity index (χ3n) is 2.18. The molecule has 3 heteroatoms. The molecule has 80 valence electrons. The highest BCUT2D eigenvalue weighted by Crippen LogP contribution is 2.21. The van der Waals surface area contributed by atoms with Gasteiger partial charge in [-0.3, -0.25) is 0 Å². The van der Waals surface area contributed by atoms with Gasteiger partial charge in [-0.2, -0.15) is 0 Å². The zero-order valence-electron chi connectivity index (χ0n) is 9.29. The third-order valence-corrected chi connectivity index (χ3v) is 2.42. The highest BCUT2D eigenvalue weighted by Gasteiger charge is 2.13. The average molecular weight is 223 g/mol. The smallest absolute Gasteiger partial charge is 0.138 e. The number of pyridine rings is 1. The van der Waals surface area contributed by atoms with Crippen molar-refractivity contribution in [1.82, 2.24) is 9.38 Å². The molecule has 0 atom stereocenters. The number of fused-ring (bicyclic) bond motifs is 1. The van der Waals surface area contributed by atoms with Gasteiger partial charge in [0.05, 0.1) is 5.69 Å². The van der Waals surface area contributed by atoms with Gasteiger partial charge >= 0.3 is 0 Å². The SMILES string of the molecule is CC(C)(C)Cc1cn2ccc(Cl)cc2n1. The van der Waals surface area contributed by atoms with Crippen molar-refractivity contribution < 1.29 is 0 Å². The molecule has 0 N–H and O–H groups in total. The van der Waals surface area contributed by atoms with Crippen LogP contribution in [0, 0.1) is 5.41 Å². The minimum Gasteiger partial charge on any atom is -0.307 e. The zero-order valence-corrected chi connectivity index (χ0v) is 10.0. The van der Waals surface area contributed by atoms with E-state index in [0.717, 1.165) is 22.8 Å². The Morgan fingerprint density at radius 2 is 2.13 bits per heavy atom. The molecule has 0 amide bonds. The van der Waals surface area contributed by atoms with Crippen LogP contribution in [0.25, 0.3) is 5.65 Å². The van der Waals surface area contributed by atoms with Crippen LogP contribution in [0.15, 0.2) is 24.5 Å². The monoisotopic (exact) mass is 222 g/mol. The summed E-state index contributed by atoms with van der Waals surface area (Å²) in [5.74, 6) is 0. The van der Waals surface area contributed by atoms with Gasteiger partial charge in [-0.05, 0) is 24.0 Å². The Kier molecular flexibility index (Phi) is 2.47. The van der Waals surface area contributed by atoms with Gasteiger partial charge in [0.25, 0.3) is 0 Å². The molecule has 2 rings (SSSR count). The van der Waals surface area contributed by atoms with E-state index in [0.29, 0.717) is 0 Å². The molecule has 0 aliphatic rings. The fraction of sp³-hybridized carbons (Fsp3) is 0.417. The maximum absolute atomic E-state index is 5.91. The van der Waals surface area contributed by atoms with Crippen molar-refractivity contribution in [2.75, 3.05) is 0 Å². The molecule has 2 heterocycles.